The summed E-state index contributed by atoms with van der Waals surface area (Å²) in [4.78, 5) is 19.7. The molecule has 5 nitrogen and oxygen atoms in total. The third kappa shape index (κ3) is 2.68. The van der Waals surface area contributed by atoms with Gasteiger partial charge in [0.2, 0.25) is 0 Å². The second-order valence-electron chi connectivity index (χ2n) is 3.75. The van der Waals surface area contributed by atoms with Gasteiger partial charge in [-0.25, -0.2) is 4.98 Å². The van der Waals surface area contributed by atoms with Gasteiger partial charge < -0.3 is 5.32 Å². The van der Waals surface area contributed by atoms with Crippen molar-refractivity contribution in [2.24, 2.45) is 0 Å². The second-order valence-corrected chi connectivity index (χ2v) is 3.75. The SMILES string of the molecule is Cc1cncc(NC(=O)c2ccc(C#N)cn2)c1. The van der Waals surface area contributed by atoms with Crippen molar-refractivity contribution < 1.29 is 4.79 Å². The molecule has 0 aliphatic rings. The van der Waals surface area contributed by atoms with Gasteiger partial charge in [0.05, 0.1) is 17.4 Å². The third-order valence-corrected chi connectivity index (χ3v) is 2.26. The Labute approximate surface area is 104 Å². The molecule has 0 aliphatic heterocycles. The molecule has 0 atom stereocenters. The monoisotopic (exact) mass is 238 g/mol. The number of aryl methyl sites for hydroxylation is 1. The van der Waals surface area contributed by atoms with Crippen molar-refractivity contribution in [1.29, 1.82) is 5.26 Å². The summed E-state index contributed by atoms with van der Waals surface area (Å²) in [6, 6.07) is 6.82. The zero-order chi connectivity index (χ0) is 13.0. The first-order valence-electron chi connectivity index (χ1n) is 5.28. The number of carbonyl (C=O) groups is 1. The quantitative estimate of drug-likeness (QED) is 0.866. The molecule has 0 saturated carbocycles. The Hall–Kier alpha value is -2.74. The van der Waals surface area contributed by atoms with E-state index in [9.17, 15) is 4.79 Å². The summed E-state index contributed by atoms with van der Waals surface area (Å²) in [5.41, 5.74) is 2.26. The van der Waals surface area contributed by atoms with Crippen molar-refractivity contribution in [2.45, 2.75) is 6.92 Å². The van der Waals surface area contributed by atoms with Gasteiger partial charge in [-0.2, -0.15) is 5.26 Å². The van der Waals surface area contributed by atoms with Gasteiger partial charge in [0.1, 0.15) is 11.8 Å². The Bertz CT molecular complexity index is 614. The average molecular weight is 238 g/mol. The summed E-state index contributed by atoms with van der Waals surface area (Å²) in [6.07, 6.45) is 4.63. The number of nitrogens with zero attached hydrogens (tertiary/aromatic N) is 3. The summed E-state index contributed by atoms with van der Waals surface area (Å²) < 4.78 is 0. The molecule has 0 bridgehead atoms. The molecular formula is C13H10N4O. The zero-order valence-electron chi connectivity index (χ0n) is 9.71. The number of rotatable bonds is 2. The van der Waals surface area contributed by atoms with Gasteiger partial charge in [-0.15, -0.1) is 0 Å². The van der Waals surface area contributed by atoms with Gasteiger partial charge in [0, 0.05) is 12.4 Å². The van der Waals surface area contributed by atoms with Gasteiger partial charge in [-0.1, -0.05) is 0 Å². The van der Waals surface area contributed by atoms with E-state index >= 15 is 0 Å². The van der Waals surface area contributed by atoms with Gasteiger partial charge in [0.15, 0.2) is 0 Å². The highest BCUT2D eigenvalue weighted by Crippen LogP contribution is 2.09. The molecule has 0 aromatic carbocycles. The number of carbonyl (C=O) groups excluding carboxylic acids is 1. The number of nitrogens with one attached hydrogen (secondary N) is 1. The Balaban J connectivity index is 2.14. The van der Waals surface area contributed by atoms with Crippen molar-refractivity contribution >= 4 is 11.6 Å². The van der Waals surface area contributed by atoms with Crippen molar-refractivity contribution in [1.82, 2.24) is 9.97 Å². The summed E-state index contributed by atoms with van der Waals surface area (Å²) in [5, 5.41) is 11.3. The Morgan fingerprint density at radius 3 is 2.78 bits per heavy atom. The Morgan fingerprint density at radius 1 is 1.33 bits per heavy atom. The third-order valence-electron chi connectivity index (χ3n) is 2.26. The van der Waals surface area contributed by atoms with Crippen molar-refractivity contribution in [2.75, 3.05) is 5.32 Å². The number of nitriles is 1. The molecule has 1 N–H and O–H groups in total. The lowest BCUT2D eigenvalue weighted by Gasteiger charge is -2.04. The van der Waals surface area contributed by atoms with E-state index in [-0.39, 0.29) is 11.6 Å². The van der Waals surface area contributed by atoms with E-state index in [4.69, 9.17) is 5.26 Å². The molecule has 5 heteroatoms. The van der Waals surface area contributed by atoms with Crippen LogP contribution in [-0.2, 0) is 0 Å². The van der Waals surface area contributed by atoms with Crippen molar-refractivity contribution in [3.05, 3.63) is 53.6 Å². The fraction of sp³-hybridized carbons (Fsp3) is 0.0769. The fourth-order valence-corrected chi connectivity index (χ4v) is 1.41. The highest BCUT2D eigenvalue weighted by atomic mass is 16.1. The van der Waals surface area contributed by atoms with Crippen LogP contribution in [0.25, 0.3) is 0 Å². The zero-order valence-corrected chi connectivity index (χ0v) is 9.71. The topological polar surface area (TPSA) is 78.7 Å². The normalized spacial score (nSPS) is 9.56. The Kier molecular flexibility index (Phi) is 3.30. The van der Waals surface area contributed by atoms with Gasteiger partial charge >= 0.3 is 0 Å². The molecule has 0 fully saturated rings. The van der Waals surface area contributed by atoms with Crippen LogP contribution >= 0.6 is 0 Å². The van der Waals surface area contributed by atoms with Crippen LogP contribution in [0, 0.1) is 18.3 Å². The molecular weight excluding hydrogens is 228 g/mol. The highest BCUT2D eigenvalue weighted by molar-refractivity contribution is 6.02. The number of pyridine rings is 2. The Morgan fingerprint density at radius 2 is 2.17 bits per heavy atom. The van der Waals surface area contributed by atoms with E-state index in [2.05, 4.69) is 15.3 Å². The lowest BCUT2D eigenvalue weighted by Crippen LogP contribution is -2.13. The van der Waals surface area contributed by atoms with E-state index in [0.29, 0.717) is 11.3 Å². The predicted octanol–water partition coefficient (Wildman–Crippen LogP) is 1.91. The highest BCUT2D eigenvalue weighted by Gasteiger charge is 2.07. The molecule has 2 heterocycles. The van der Waals surface area contributed by atoms with E-state index in [1.165, 1.54) is 12.3 Å². The van der Waals surface area contributed by atoms with Crippen molar-refractivity contribution in [3.63, 3.8) is 0 Å². The standard InChI is InChI=1S/C13H10N4O/c1-9-4-11(8-15-6-9)17-13(18)12-3-2-10(5-14)7-16-12/h2-4,6-8H,1H3,(H,17,18). The van der Waals surface area contributed by atoms with Crippen LogP contribution in [0.15, 0.2) is 36.8 Å². The smallest absolute Gasteiger partial charge is 0.274 e. The number of hydrogen-bond acceptors (Lipinski definition) is 4. The average Bonchev–Trinajstić information content (AvgIpc) is 2.39. The summed E-state index contributed by atoms with van der Waals surface area (Å²) in [6.45, 7) is 1.89. The number of anilines is 1. The summed E-state index contributed by atoms with van der Waals surface area (Å²) in [7, 11) is 0. The van der Waals surface area contributed by atoms with Crippen LogP contribution in [0.2, 0.25) is 0 Å². The van der Waals surface area contributed by atoms with Gasteiger partial charge in [-0.05, 0) is 30.7 Å². The maximum absolute atomic E-state index is 11.8. The molecule has 0 spiro atoms. The maximum Gasteiger partial charge on any atom is 0.274 e. The molecule has 2 rings (SSSR count). The molecule has 2 aromatic rings. The first-order chi connectivity index (χ1) is 8.69. The second kappa shape index (κ2) is 5.06. The minimum atomic E-state index is -0.327. The van der Waals surface area contributed by atoms with Gasteiger partial charge in [-0.3, -0.25) is 9.78 Å². The lowest BCUT2D eigenvalue weighted by molar-refractivity contribution is 0.102. The van der Waals surface area contributed by atoms with E-state index in [1.54, 1.807) is 18.5 Å². The minimum Gasteiger partial charge on any atom is -0.319 e. The number of hydrogen-bond donors (Lipinski definition) is 1. The number of amides is 1. The molecule has 1 amide bonds. The minimum absolute atomic E-state index is 0.260. The first-order valence-corrected chi connectivity index (χ1v) is 5.28. The van der Waals surface area contributed by atoms with E-state index < -0.39 is 0 Å². The van der Waals surface area contributed by atoms with Crippen LogP contribution in [0.4, 0.5) is 5.69 Å². The molecule has 0 unspecified atom stereocenters. The largest absolute Gasteiger partial charge is 0.319 e. The molecule has 0 aliphatic carbocycles. The van der Waals surface area contributed by atoms with E-state index in [1.807, 2.05) is 19.1 Å². The van der Waals surface area contributed by atoms with Crippen LogP contribution in [0.3, 0.4) is 0 Å². The fourth-order valence-electron chi connectivity index (χ4n) is 1.41. The van der Waals surface area contributed by atoms with Crippen LogP contribution < -0.4 is 5.32 Å². The van der Waals surface area contributed by atoms with Crippen LogP contribution in [0.5, 0.6) is 0 Å². The molecule has 88 valence electrons. The molecule has 18 heavy (non-hydrogen) atoms. The lowest BCUT2D eigenvalue weighted by atomic mass is 10.2. The summed E-state index contributed by atoms with van der Waals surface area (Å²) >= 11 is 0. The molecule has 2 aromatic heterocycles. The molecule has 0 saturated heterocycles. The first kappa shape index (κ1) is 11.7. The maximum atomic E-state index is 11.8. The predicted molar refractivity (Wildman–Crippen MR) is 65.9 cm³/mol. The van der Waals surface area contributed by atoms with E-state index in [0.717, 1.165) is 5.56 Å². The summed E-state index contributed by atoms with van der Waals surface area (Å²) in [5.74, 6) is -0.327. The van der Waals surface area contributed by atoms with Crippen LogP contribution in [0.1, 0.15) is 21.6 Å². The molecule has 0 radical (unpaired) electrons. The van der Waals surface area contributed by atoms with Crippen molar-refractivity contribution in [3.8, 4) is 6.07 Å². The van der Waals surface area contributed by atoms with Gasteiger partial charge in [0.25, 0.3) is 5.91 Å². The number of aromatic nitrogens is 2. The van der Waals surface area contributed by atoms with Crippen LogP contribution in [-0.4, -0.2) is 15.9 Å².